The van der Waals surface area contributed by atoms with Gasteiger partial charge in [-0.1, -0.05) is 185 Å². The van der Waals surface area contributed by atoms with Gasteiger partial charge in [-0.3, -0.25) is 0 Å². The van der Waals surface area contributed by atoms with E-state index in [0.29, 0.717) is 0 Å². The van der Waals surface area contributed by atoms with Crippen molar-refractivity contribution in [2.75, 3.05) is 0 Å². The number of benzene rings is 9. The Morgan fingerprint density at radius 1 is 0.333 bits per heavy atom. The van der Waals surface area contributed by atoms with Crippen LogP contribution < -0.4 is 0 Å². The maximum atomic E-state index is 5.38. The van der Waals surface area contributed by atoms with Crippen molar-refractivity contribution in [2.45, 2.75) is 38.5 Å². The van der Waals surface area contributed by atoms with E-state index in [1.165, 1.54) is 88.0 Å². The van der Waals surface area contributed by atoms with Gasteiger partial charge >= 0.3 is 0 Å². The molecule has 0 bridgehead atoms. The van der Waals surface area contributed by atoms with Gasteiger partial charge in [-0.15, -0.1) is 0 Å². The molecule has 9 aromatic carbocycles. The maximum absolute atomic E-state index is 5.38. The van der Waals surface area contributed by atoms with Gasteiger partial charge in [-0.05, 0) is 112 Å². The van der Waals surface area contributed by atoms with E-state index in [0.717, 1.165) is 33.9 Å². The van der Waals surface area contributed by atoms with Crippen molar-refractivity contribution < 1.29 is 0 Å². The van der Waals surface area contributed by atoms with E-state index in [2.05, 4.69) is 210 Å². The molecule has 0 spiro atoms. The number of nitrogens with zero attached hydrogens (tertiary/aromatic N) is 2. The number of rotatable bonds is 4. The molecule has 0 unspecified atom stereocenters. The van der Waals surface area contributed by atoms with Crippen molar-refractivity contribution in [3.8, 4) is 67.3 Å². The van der Waals surface area contributed by atoms with Gasteiger partial charge in [0.2, 0.25) is 0 Å². The van der Waals surface area contributed by atoms with Crippen LogP contribution >= 0.6 is 0 Å². The van der Waals surface area contributed by atoms with Crippen molar-refractivity contribution in [3.63, 3.8) is 0 Å². The van der Waals surface area contributed by atoms with E-state index in [9.17, 15) is 0 Å². The normalized spacial score (nSPS) is 14.3. The summed E-state index contributed by atoms with van der Waals surface area (Å²) in [6.45, 7) is 9.48. The third kappa shape index (κ3) is 5.01. The fourth-order valence-electron chi connectivity index (χ4n) is 10.7. The van der Waals surface area contributed by atoms with E-state index >= 15 is 0 Å². The van der Waals surface area contributed by atoms with Crippen LogP contribution in [-0.4, -0.2) is 9.97 Å². The average molecular weight is 767 g/mol. The van der Waals surface area contributed by atoms with E-state index < -0.39 is 0 Å². The van der Waals surface area contributed by atoms with Crippen LogP contribution in [0.5, 0.6) is 0 Å². The van der Waals surface area contributed by atoms with E-state index in [1.54, 1.807) is 0 Å². The van der Waals surface area contributed by atoms with Crippen molar-refractivity contribution in [3.05, 3.63) is 204 Å². The molecule has 10 aromatic rings. The number of hydrogen-bond donors (Lipinski definition) is 0. The molecule has 2 aliphatic carbocycles. The summed E-state index contributed by atoms with van der Waals surface area (Å²) in [5.74, 6) is 0.720. The number of fused-ring (bicyclic) bond motifs is 10. The largest absolute Gasteiger partial charge is 0.228 e. The summed E-state index contributed by atoms with van der Waals surface area (Å²) in [5, 5.41) is 7.53. The van der Waals surface area contributed by atoms with Crippen LogP contribution in [0.4, 0.5) is 0 Å². The first kappa shape index (κ1) is 34.8. The van der Waals surface area contributed by atoms with E-state index in [4.69, 9.17) is 9.97 Å². The Bertz CT molecular complexity index is 3430. The quantitative estimate of drug-likeness (QED) is 0.178. The minimum Gasteiger partial charge on any atom is -0.228 e. The Balaban J connectivity index is 1.04. The molecule has 0 saturated heterocycles. The molecule has 1 aromatic heterocycles. The molecular formula is C58H42N2. The van der Waals surface area contributed by atoms with Crippen molar-refractivity contribution in [1.29, 1.82) is 0 Å². The lowest BCUT2D eigenvalue weighted by Gasteiger charge is -2.24. The molecule has 0 amide bonds. The van der Waals surface area contributed by atoms with Crippen LogP contribution in [0.1, 0.15) is 49.9 Å². The van der Waals surface area contributed by atoms with Gasteiger partial charge in [0.15, 0.2) is 5.82 Å². The molecule has 0 radical (unpaired) electrons. The van der Waals surface area contributed by atoms with E-state index in [-0.39, 0.29) is 10.8 Å². The first-order chi connectivity index (χ1) is 29.3. The Morgan fingerprint density at radius 3 is 1.72 bits per heavy atom. The van der Waals surface area contributed by atoms with Crippen LogP contribution in [0.2, 0.25) is 0 Å². The molecule has 12 rings (SSSR count). The second kappa shape index (κ2) is 12.7. The Morgan fingerprint density at radius 2 is 0.933 bits per heavy atom. The highest BCUT2D eigenvalue weighted by Crippen LogP contribution is 2.54. The van der Waals surface area contributed by atoms with Gasteiger partial charge < -0.3 is 0 Å². The minimum atomic E-state index is -0.155. The highest BCUT2D eigenvalue weighted by atomic mass is 14.9. The Kier molecular flexibility index (Phi) is 7.36. The molecule has 0 N–H and O–H groups in total. The summed E-state index contributed by atoms with van der Waals surface area (Å²) < 4.78 is 0. The molecule has 0 aliphatic heterocycles. The maximum Gasteiger partial charge on any atom is 0.160 e. The second-order valence-electron chi connectivity index (χ2n) is 17.7. The summed E-state index contributed by atoms with van der Waals surface area (Å²) in [6.07, 6.45) is 0. The van der Waals surface area contributed by atoms with Gasteiger partial charge in [-0.25, -0.2) is 9.97 Å². The lowest BCUT2D eigenvalue weighted by atomic mass is 9.79. The van der Waals surface area contributed by atoms with Crippen molar-refractivity contribution in [2.24, 2.45) is 0 Å². The molecule has 2 aliphatic rings. The average Bonchev–Trinajstić information content (AvgIpc) is 3.66. The highest BCUT2D eigenvalue weighted by Gasteiger charge is 2.39. The third-order valence-electron chi connectivity index (χ3n) is 13.6. The first-order valence-electron chi connectivity index (χ1n) is 21.1. The highest BCUT2D eigenvalue weighted by molar-refractivity contribution is 6.06. The van der Waals surface area contributed by atoms with Gasteiger partial charge in [0.25, 0.3) is 0 Å². The summed E-state index contributed by atoms with van der Waals surface area (Å²) in [6, 6.07) is 66.8. The van der Waals surface area contributed by atoms with Crippen LogP contribution in [0.3, 0.4) is 0 Å². The van der Waals surface area contributed by atoms with Gasteiger partial charge in [0.1, 0.15) is 0 Å². The predicted octanol–water partition coefficient (Wildman–Crippen LogP) is 15.2. The topological polar surface area (TPSA) is 25.8 Å². The number of aromatic nitrogens is 2. The molecule has 0 atom stereocenters. The SMILES string of the molecule is CC1(C)c2cc3ccccc3cc2-c2c(-c3cc(-c4ccc(-c5ccc6c(c5)C(C)(C)c5c-6ccc6ccccc56)c5ccccc45)nc(-c4ccccc4)n3)cccc21. The molecule has 284 valence electrons. The molecular weight excluding hydrogens is 725 g/mol. The van der Waals surface area contributed by atoms with Crippen LogP contribution in [0, 0.1) is 0 Å². The zero-order valence-electron chi connectivity index (χ0n) is 34.2. The van der Waals surface area contributed by atoms with Crippen LogP contribution in [-0.2, 0) is 10.8 Å². The molecule has 2 nitrogen and oxygen atoms in total. The summed E-state index contributed by atoms with van der Waals surface area (Å²) >= 11 is 0. The first-order valence-corrected chi connectivity index (χ1v) is 21.1. The van der Waals surface area contributed by atoms with Gasteiger partial charge in [-0.2, -0.15) is 0 Å². The lowest BCUT2D eigenvalue weighted by molar-refractivity contribution is 0.661. The fourth-order valence-corrected chi connectivity index (χ4v) is 10.7. The molecule has 1 heterocycles. The summed E-state index contributed by atoms with van der Waals surface area (Å²) in [5.41, 5.74) is 17.9. The molecule has 0 fully saturated rings. The van der Waals surface area contributed by atoms with E-state index in [1.807, 2.05) is 0 Å². The van der Waals surface area contributed by atoms with Gasteiger partial charge in [0, 0.05) is 27.5 Å². The monoisotopic (exact) mass is 766 g/mol. The van der Waals surface area contributed by atoms with Crippen LogP contribution in [0.15, 0.2) is 182 Å². The van der Waals surface area contributed by atoms with Crippen LogP contribution in [0.25, 0.3) is 99.6 Å². The summed E-state index contributed by atoms with van der Waals surface area (Å²) in [4.78, 5) is 10.7. The zero-order chi connectivity index (χ0) is 40.3. The fraction of sp³-hybridized carbons (Fsp3) is 0.103. The Labute approximate surface area is 350 Å². The summed E-state index contributed by atoms with van der Waals surface area (Å²) in [7, 11) is 0. The third-order valence-corrected chi connectivity index (χ3v) is 13.6. The standard InChI is InChI=1S/C58H42N2/c1-57(2)49-24-14-23-47(54(49)48-31-37-18-8-9-19-38(37)32-51(48)57)53-34-52(59-56(60-53)36-16-6-5-7-17-36)45-30-29-40(42-21-12-13-22-43(42)45)39-26-27-44-46-28-25-35-15-10-11-20-41(35)55(46)58(3,4)50(44)33-39/h5-34H,1-4H3. The smallest absolute Gasteiger partial charge is 0.160 e. The minimum absolute atomic E-state index is 0.136. The molecule has 60 heavy (non-hydrogen) atoms. The van der Waals surface area contributed by atoms with Gasteiger partial charge in [0.05, 0.1) is 11.4 Å². The zero-order valence-corrected chi connectivity index (χ0v) is 34.2. The van der Waals surface area contributed by atoms with Crippen molar-refractivity contribution in [1.82, 2.24) is 9.97 Å². The lowest BCUT2D eigenvalue weighted by Crippen LogP contribution is -2.15. The molecule has 2 heteroatoms. The van der Waals surface area contributed by atoms with Crippen molar-refractivity contribution >= 4 is 32.3 Å². The molecule has 0 saturated carbocycles. The Hall–Kier alpha value is -7.16. The predicted molar refractivity (Wildman–Crippen MR) is 251 cm³/mol. The second-order valence-corrected chi connectivity index (χ2v) is 17.7. The number of hydrogen-bond acceptors (Lipinski definition) is 2.